The van der Waals surface area contributed by atoms with Crippen LogP contribution in [-0.2, 0) is 42.9 Å². The first-order valence-corrected chi connectivity index (χ1v) is 31.3. The summed E-state index contributed by atoms with van der Waals surface area (Å²) in [6, 6.07) is 0. The van der Waals surface area contributed by atoms with Crippen LogP contribution in [-0.4, -0.2) is 152 Å². The van der Waals surface area contributed by atoms with E-state index in [9.17, 15) is 133 Å². The maximum absolute atomic E-state index is 14.3. The van der Waals surface area contributed by atoms with E-state index in [1.54, 1.807) is 20.8 Å². The molecule has 0 aromatic rings. The van der Waals surface area contributed by atoms with Gasteiger partial charge in [0, 0.05) is 24.2 Å². The second kappa shape index (κ2) is 33.1. The fraction of sp³-hybridized carbons (Fsp3) is 0.934. The summed E-state index contributed by atoms with van der Waals surface area (Å²) in [5, 5.41) is 48.5. The van der Waals surface area contributed by atoms with Gasteiger partial charge < -0.3 is 49.2 Å². The van der Waals surface area contributed by atoms with E-state index >= 15 is 0 Å². The Bertz CT molecular complexity index is 2410. The van der Waals surface area contributed by atoms with Crippen LogP contribution < -0.4 is 0 Å². The van der Waals surface area contributed by atoms with Gasteiger partial charge in [-0.05, 0) is 142 Å². The van der Waals surface area contributed by atoms with E-state index in [2.05, 4.69) is 14.2 Å². The first-order valence-electron chi connectivity index (χ1n) is 31.3. The Labute approximate surface area is 539 Å². The predicted octanol–water partition coefficient (Wildman–Crippen LogP) is 15.3. The number of hydrogen-bond donors (Lipinski definition) is 5. The Balaban J connectivity index is 0.000000622. The number of ether oxygens (including phenoxy) is 5. The Kier molecular flexibility index (Phi) is 31.1. The van der Waals surface area contributed by atoms with Gasteiger partial charge in [0.15, 0.2) is 28.7 Å². The first-order chi connectivity index (χ1) is 42.5. The minimum atomic E-state index is -6.27. The number of fused-ring (bicyclic) bond motifs is 2. The van der Waals surface area contributed by atoms with E-state index in [0.29, 0.717) is 37.5 Å². The van der Waals surface area contributed by atoms with Crippen LogP contribution in [0, 0.1) is 59.2 Å². The average molecular weight is 1430 g/mol. The molecule has 34 heteroatoms. The summed E-state index contributed by atoms with van der Waals surface area (Å²) in [5.74, 6) is -16.5. The van der Waals surface area contributed by atoms with Gasteiger partial charge in [0.1, 0.15) is 12.2 Å². The lowest BCUT2D eigenvalue weighted by atomic mass is 9.66. The minimum absolute atomic E-state index is 0.0556. The molecule has 5 fully saturated rings. The predicted molar refractivity (Wildman–Crippen MR) is 299 cm³/mol. The van der Waals surface area contributed by atoms with Gasteiger partial charge in [-0.25, -0.2) is 0 Å². The van der Waals surface area contributed by atoms with Crippen LogP contribution in [0.15, 0.2) is 0 Å². The zero-order valence-electron chi connectivity index (χ0n) is 55.5. The summed E-state index contributed by atoms with van der Waals surface area (Å²) < 4.78 is 286. The topological polar surface area (TPSA) is 216 Å². The zero-order chi connectivity index (χ0) is 74.9. The van der Waals surface area contributed by atoms with Crippen LogP contribution in [0.2, 0.25) is 0 Å². The Morgan fingerprint density at radius 3 is 1.32 bits per heavy atom. The zero-order valence-corrected chi connectivity index (χ0v) is 55.5. The van der Waals surface area contributed by atoms with Gasteiger partial charge in [-0.2, -0.15) is 87.8 Å². The Morgan fingerprint density at radius 2 is 0.947 bits per heavy atom. The molecule has 1 saturated heterocycles. The number of esters is 4. The fourth-order valence-electron chi connectivity index (χ4n) is 11.7. The lowest BCUT2D eigenvalue weighted by molar-refractivity contribution is -0.435. The summed E-state index contributed by atoms with van der Waals surface area (Å²) in [7, 11) is 1.41. The number of carbonyl (C=O) groups is 4. The fourth-order valence-corrected chi connectivity index (χ4v) is 11.7. The van der Waals surface area contributed by atoms with Crippen LogP contribution in [0.4, 0.5) is 87.8 Å². The smallest absolute Gasteiger partial charge is 0.426 e. The van der Waals surface area contributed by atoms with Crippen molar-refractivity contribution in [3.05, 3.63) is 0 Å². The molecule has 5 aliphatic rings. The molecular formula is C61H94F20O14. The number of rotatable bonds is 16. The number of methoxy groups -OCH3 is 1. The highest BCUT2D eigenvalue weighted by atomic mass is 19.4. The highest BCUT2D eigenvalue weighted by molar-refractivity contribution is 5.73. The average Bonchev–Trinajstić information content (AvgIpc) is 1.26. The molecule has 5 N–H and O–H groups in total. The van der Waals surface area contributed by atoms with E-state index < -0.39 is 168 Å². The maximum atomic E-state index is 14.3. The molecule has 0 aromatic carbocycles. The second-order valence-electron chi connectivity index (χ2n) is 26.8. The largest absolute Gasteiger partial charge is 0.469 e. The van der Waals surface area contributed by atoms with Gasteiger partial charge in [0.25, 0.3) is 5.60 Å². The molecule has 18 atom stereocenters. The van der Waals surface area contributed by atoms with Crippen molar-refractivity contribution in [3.63, 3.8) is 0 Å². The van der Waals surface area contributed by atoms with Crippen molar-refractivity contribution < 1.29 is 156 Å². The van der Waals surface area contributed by atoms with Crippen molar-refractivity contribution in [3.8, 4) is 0 Å². The Morgan fingerprint density at radius 1 is 0.526 bits per heavy atom. The molecule has 0 radical (unpaired) electrons. The lowest BCUT2D eigenvalue weighted by Crippen LogP contribution is -2.71. The standard InChI is InChI=1S/C17H23F9O4.C14H23F3O3.C13H19F5O4.C11H17F3O.C6H12O2/c1-4-8(2)12(27)30-11-6-9(13(3,28)15(18,19)20)5-10(7-11)14(29,16(21,22)23)17(24,25)26;1-4-9(2)12(18)20-11-8-6-5-7-10(11)13(3,19)14(15,16)17;1-5-7(2)9(19)21-8-6-10(3,20)22-11(4,12(8,14)15)13(16,17)18;1-10(15,11(12,13)14)6-9-5-7-2-3-8(9)4-7;1-4-5(2)6(7)8-3/h8-11,28-29H,4-7H2,1-3H3;9-11,19H,4-8H2,1-3H3;7-8,20H,5-6H2,1-4H3;7-9,15H,2-6H2,1H3;5H,4H2,1-3H3. The molecule has 562 valence electrons. The highest BCUT2D eigenvalue weighted by Gasteiger charge is 2.77. The van der Waals surface area contributed by atoms with Crippen molar-refractivity contribution in [1.29, 1.82) is 0 Å². The van der Waals surface area contributed by atoms with Gasteiger partial charge in [-0.3, -0.25) is 19.2 Å². The summed E-state index contributed by atoms with van der Waals surface area (Å²) in [6.07, 6.45) is -34.2. The van der Waals surface area contributed by atoms with E-state index in [4.69, 9.17) is 9.47 Å². The number of halogens is 20. The molecule has 0 spiro atoms. The third kappa shape index (κ3) is 22.4. The van der Waals surface area contributed by atoms with E-state index in [1.807, 2.05) is 20.8 Å². The van der Waals surface area contributed by atoms with Crippen LogP contribution in [0.5, 0.6) is 0 Å². The Hall–Kier alpha value is -3.76. The molecule has 4 aliphatic carbocycles. The van der Waals surface area contributed by atoms with Crippen molar-refractivity contribution in [2.45, 2.75) is 294 Å². The van der Waals surface area contributed by atoms with E-state index in [1.165, 1.54) is 27.4 Å². The van der Waals surface area contributed by atoms with Crippen molar-refractivity contribution in [2.75, 3.05) is 7.11 Å². The third-order valence-electron chi connectivity index (χ3n) is 19.3. The molecule has 5 rings (SSSR count). The van der Waals surface area contributed by atoms with Gasteiger partial charge in [-0.15, -0.1) is 0 Å². The number of hydrogen-bond acceptors (Lipinski definition) is 14. The molecule has 1 aliphatic heterocycles. The monoisotopic (exact) mass is 1430 g/mol. The molecule has 0 amide bonds. The molecule has 14 nitrogen and oxygen atoms in total. The van der Waals surface area contributed by atoms with E-state index in [0.717, 1.165) is 46.5 Å². The molecule has 1 heterocycles. The van der Waals surface area contributed by atoms with Gasteiger partial charge in [0.2, 0.25) is 5.60 Å². The van der Waals surface area contributed by atoms with E-state index in [-0.39, 0.29) is 63.3 Å². The van der Waals surface area contributed by atoms with Crippen LogP contribution in [0.1, 0.15) is 199 Å². The number of aliphatic hydroxyl groups is 5. The number of alkyl halides is 20. The molecule has 95 heavy (non-hydrogen) atoms. The number of carbonyl (C=O) groups excluding carboxylic acids is 4. The molecule has 18 unspecified atom stereocenters. The molecule has 2 bridgehead atoms. The highest BCUT2D eigenvalue weighted by Crippen LogP contribution is 2.57. The van der Waals surface area contributed by atoms with Crippen LogP contribution in [0.3, 0.4) is 0 Å². The van der Waals surface area contributed by atoms with Gasteiger partial charge in [-0.1, -0.05) is 68.2 Å². The van der Waals surface area contributed by atoms with Crippen molar-refractivity contribution in [2.24, 2.45) is 59.2 Å². The summed E-state index contributed by atoms with van der Waals surface area (Å²) in [4.78, 5) is 45.9. The molecule has 4 saturated carbocycles. The van der Waals surface area contributed by atoms with Crippen LogP contribution in [0.25, 0.3) is 0 Å². The summed E-state index contributed by atoms with van der Waals surface area (Å²) in [5.41, 5.74) is -18.3. The van der Waals surface area contributed by atoms with Gasteiger partial charge in [0.05, 0.1) is 30.8 Å². The summed E-state index contributed by atoms with van der Waals surface area (Å²) >= 11 is 0. The lowest BCUT2D eigenvalue weighted by Gasteiger charge is -2.50. The van der Waals surface area contributed by atoms with Crippen molar-refractivity contribution in [1.82, 2.24) is 0 Å². The minimum Gasteiger partial charge on any atom is -0.469 e. The quantitative estimate of drug-likeness (QED) is 0.0552. The maximum Gasteiger partial charge on any atom is 0.426 e. The molecule has 0 aromatic heterocycles. The van der Waals surface area contributed by atoms with Gasteiger partial charge >= 0.3 is 66.9 Å². The normalized spacial score (nSPS) is 30.5. The summed E-state index contributed by atoms with van der Waals surface area (Å²) in [6.45, 7) is 16.0. The SMILES string of the molecule is CC(O)(CC1CC2CCC1C2)C(F)(F)F.CCC(C)C(=O)OC.CCC(C)C(=O)OC1CC(C(C)(O)C(F)(F)F)CC(C(O)(C(F)(F)F)C(F)(F)F)C1.CCC(C)C(=O)OC1CC(C)(O)OC(C)(C(F)(F)F)C1(F)F.CCC(C)C(=O)OC1CCCCC1C(C)(O)C(F)(F)F. The third-order valence-corrected chi connectivity index (χ3v) is 19.3. The first kappa shape index (κ1) is 89.3. The second-order valence-corrected chi connectivity index (χ2v) is 26.8. The molecular weight excluding hydrogens is 1340 g/mol. The van der Waals surface area contributed by atoms with Crippen LogP contribution >= 0.6 is 0 Å². The van der Waals surface area contributed by atoms with Crippen molar-refractivity contribution >= 4 is 23.9 Å².